The number of benzene rings is 1. The Hall–Kier alpha value is -2.37. The Balaban J connectivity index is 2.86. The molecule has 25 heavy (non-hydrogen) atoms. The van der Waals surface area contributed by atoms with E-state index in [4.69, 9.17) is 4.74 Å². The van der Waals surface area contributed by atoms with E-state index in [0.29, 0.717) is 31.9 Å². The van der Waals surface area contributed by atoms with Crippen LogP contribution in [0.2, 0.25) is 0 Å². The number of nitrogens with zero attached hydrogens (tertiary/aromatic N) is 1. The Kier molecular flexibility index (Phi) is 9.97. The van der Waals surface area contributed by atoms with E-state index in [0.717, 1.165) is 17.0 Å². The standard InChI is InChI=1S/C20H29N3O2/c1-5-10-21-14-18(24)15-25-20-9-8-17(23-12-7-3)13-19(20)16(4)22-11-6-2/h5-9,13,18,21,23-24H,1-3,10-12,14-15H2,4H3/t18-/m1/s1. The number of aliphatic hydroxyl groups excluding tert-OH is 1. The largest absolute Gasteiger partial charge is 0.490 e. The maximum Gasteiger partial charge on any atom is 0.128 e. The molecule has 0 aliphatic heterocycles. The zero-order valence-electron chi connectivity index (χ0n) is 15.0. The van der Waals surface area contributed by atoms with Gasteiger partial charge in [-0.25, -0.2) is 0 Å². The summed E-state index contributed by atoms with van der Waals surface area (Å²) < 4.78 is 5.82. The van der Waals surface area contributed by atoms with Gasteiger partial charge in [-0.05, 0) is 25.1 Å². The van der Waals surface area contributed by atoms with Crippen molar-refractivity contribution in [3.8, 4) is 5.75 Å². The Morgan fingerprint density at radius 2 is 2.00 bits per heavy atom. The Morgan fingerprint density at radius 3 is 2.68 bits per heavy atom. The SMILES string of the molecule is C=CCN=C(C)c1cc(NCC=C)ccc1OC[C@H](O)CNCC=C. The average Bonchev–Trinajstić information content (AvgIpc) is 2.63. The molecule has 5 nitrogen and oxygen atoms in total. The van der Waals surface area contributed by atoms with Crippen molar-refractivity contribution in [3.63, 3.8) is 0 Å². The van der Waals surface area contributed by atoms with Crippen LogP contribution in [0.3, 0.4) is 0 Å². The van der Waals surface area contributed by atoms with Gasteiger partial charge in [0, 0.05) is 36.6 Å². The normalized spacial score (nSPS) is 12.3. The van der Waals surface area contributed by atoms with Gasteiger partial charge < -0.3 is 20.5 Å². The Bertz CT molecular complexity index is 597. The van der Waals surface area contributed by atoms with Crippen LogP contribution in [0.4, 0.5) is 5.69 Å². The predicted molar refractivity (Wildman–Crippen MR) is 107 cm³/mol. The van der Waals surface area contributed by atoms with Crippen molar-refractivity contribution in [2.45, 2.75) is 13.0 Å². The minimum absolute atomic E-state index is 0.200. The summed E-state index contributed by atoms with van der Waals surface area (Å²) in [6, 6.07) is 5.81. The molecule has 0 saturated carbocycles. The molecule has 0 unspecified atom stereocenters. The molecule has 1 rings (SSSR count). The second-order valence-corrected chi connectivity index (χ2v) is 5.51. The van der Waals surface area contributed by atoms with Crippen molar-refractivity contribution < 1.29 is 9.84 Å². The highest BCUT2D eigenvalue weighted by Gasteiger charge is 2.11. The van der Waals surface area contributed by atoms with Crippen molar-refractivity contribution in [2.24, 2.45) is 4.99 Å². The molecule has 0 fully saturated rings. The van der Waals surface area contributed by atoms with Crippen molar-refractivity contribution in [3.05, 3.63) is 61.7 Å². The quantitative estimate of drug-likeness (QED) is 0.293. The molecule has 0 saturated heterocycles. The molecule has 1 atom stereocenters. The van der Waals surface area contributed by atoms with E-state index in [2.05, 4.69) is 35.4 Å². The molecule has 0 spiro atoms. The number of rotatable bonds is 13. The maximum absolute atomic E-state index is 9.99. The van der Waals surface area contributed by atoms with Crippen molar-refractivity contribution in [2.75, 3.05) is 38.1 Å². The van der Waals surface area contributed by atoms with Crippen LogP contribution in [0.1, 0.15) is 12.5 Å². The summed E-state index contributed by atoms with van der Waals surface area (Å²) in [5.41, 5.74) is 2.71. The van der Waals surface area contributed by atoms with E-state index >= 15 is 0 Å². The monoisotopic (exact) mass is 343 g/mol. The number of hydrogen-bond acceptors (Lipinski definition) is 5. The van der Waals surface area contributed by atoms with Gasteiger partial charge in [0.15, 0.2) is 0 Å². The van der Waals surface area contributed by atoms with E-state index in [1.54, 1.807) is 18.2 Å². The average molecular weight is 343 g/mol. The Morgan fingerprint density at radius 1 is 1.24 bits per heavy atom. The van der Waals surface area contributed by atoms with Crippen molar-refractivity contribution >= 4 is 11.4 Å². The summed E-state index contributed by atoms with van der Waals surface area (Å²) in [6.07, 6.45) is 4.70. The van der Waals surface area contributed by atoms with Crippen LogP contribution in [-0.2, 0) is 0 Å². The number of aliphatic imine (C=N–C) groups is 1. The molecule has 5 heteroatoms. The molecule has 0 heterocycles. The molecule has 0 radical (unpaired) electrons. The van der Waals surface area contributed by atoms with Crippen LogP contribution >= 0.6 is 0 Å². The third kappa shape index (κ3) is 7.83. The van der Waals surface area contributed by atoms with Crippen LogP contribution in [0, 0.1) is 0 Å². The van der Waals surface area contributed by atoms with Gasteiger partial charge in [0.25, 0.3) is 0 Å². The van der Waals surface area contributed by atoms with Crippen LogP contribution in [0.5, 0.6) is 5.75 Å². The van der Waals surface area contributed by atoms with Gasteiger partial charge in [-0.15, -0.1) is 19.7 Å². The highest BCUT2D eigenvalue weighted by Crippen LogP contribution is 2.24. The lowest BCUT2D eigenvalue weighted by molar-refractivity contribution is 0.107. The van der Waals surface area contributed by atoms with Crippen molar-refractivity contribution in [1.29, 1.82) is 0 Å². The molecule has 3 N–H and O–H groups in total. The molecular weight excluding hydrogens is 314 g/mol. The van der Waals surface area contributed by atoms with Crippen LogP contribution in [0.25, 0.3) is 0 Å². The van der Waals surface area contributed by atoms with Gasteiger partial charge in [-0.1, -0.05) is 18.2 Å². The zero-order chi connectivity index (χ0) is 18.5. The number of nitrogens with one attached hydrogen (secondary N) is 2. The number of anilines is 1. The molecule has 0 bridgehead atoms. The lowest BCUT2D eigenvalue weighted by Gasteiger charge is -2.16. The fraction of sp³-hybridized carbons (Fsp3) is 0.350. The first-order chi connectivity index (χ1) is 12.1. The maximum atomic E-state index is 9.99. The molecule has 136 valence electrons. The van der Waals surface area contributed by atoms with Gasteiger partial charge >= 0.3 is 0 Å². The molecule has 0 amide bonds. The molecule has 0 aromatic heterocycles. The molecule has 0 aliphatic carbocycles. The third-order valence-electron chi connectivity index (χ3n) is 3.38. The lowest BCUT2D eigenvalue weighted by atomic mass is 10.1. The van der Waals surface area contributed by atoms with E-state index in [-0.39, 0.29) is 6.61 Å². The number of ether oxygens (including phenoxy) is 1. The summed E-state index contributed by atoms with van der Waals surface area (Å²) >= 11 is 0. The minimum Gasteiger partial charge on any atom is -0.490 e. The summed E-state index contributed by atoms with van der Waals surface area (Å²) in [7, 11) is 0. The Labute approximate surface area is 150 Å². The number of hydrogen-bond donors (Lipinski definition) is 3. The van der Waals surface area contributed by atoms with Gasteiger partial charge in [0.1, 0.15) is 18.5 Å². The lowest BCUT2D eigenvalue weighted by Crippen LogP contribution is -2.31. The van der Waals surface area contributed by atoms with Gasteiger partial charge in [0.2, 0.25) is 0 Å². The second-order valence-electron chi connectivity index (χ2n) is 5.51. The first-order valence-corrected chi connectivity index (χ1v) is 8.36. The minimum atomic E-state index is -0.600. The van der Waals surface area contributed by atoms with E-state index in [9.17, 15) is 5.11 Å². The molecule has 0 aliphatic rings. The predicted octanol–water partition coefficient (Wildman–Crippen LogP) is 2.79. The van der Waals surface area contributed by atoms with Gasteiger partial charge in [-0.3, -0.25) is 4.99 Å². The molecular formula is C20H29N3O2. The molecule has 1 aromatic carbocycles. The fourth-order valence-corrected chi connectivity index (χ4v) is 2.12. The van der Waals surface area contributed by atoms with Crippen molar-refractivity contribution in [1.82, 2.24) is 5.32 Å². The number of aliphatic hydroxyl groups is 1. The van der Waals surface area contributed by atoms with E-state index in [1.165, 1.54) is 0 Å². The smallest absolute Gasteiger partial charge is 0.128 e. The van der Waals surface area contributed by atoms with Crippen LogP contribution in [-0.4, -0.2) is 49.7 Å². The topological polar surface area (TPSA) is 65.9 Å². The van der Waals surface area contributed by atoms with Gasteiger partial charge in [-0.2, -0.15) is 0 Å². The highest BCUT2D eigenvalue weighted by atomic mass is 16.5. The summed E-state index contributed by atoms with van der Waals surface area (Å²) in [6.45, 7) is 15.5. The van der Waals surface area contributed by atoms with E-state index < -0.39 is 6.10 Å². The summed E-state index contributed by atoms with van der Waals surface area (Å²) in [5.74, 6) is 0.692. The van der Waals surface area contributed by atoms with Gasteiger partial charge in [0.05, 0.1) is 6.54 Å². The third-order valence-corrected chi connectivity index (χ3v) is 3.38. The van der Waals surface area contributed by atoms with E-state index in [1.807, 2.05) is 25.1 Å². The highest BCUT2D eigenvalue weighted by molar-refractivity contribution is 6.02. The first kappa shape index (κ1) is 20.7. The summed E-state index contributed by atoms with van der Waals surface area (Å²) in [5, 5.41) is 16.3. The zero-order valence-corrected chi connectivity index (χ0v) is 15.0. The van der Waals surface area contributed by atoms with Crippen LogP contribution < -0.4 is 15.4 Å². The fourth-order valence-electron chi connectivity index (χ4n) is 2.12. The molecule has 1 aromatic rings. The summed E-state index contributed by atoms with van der Waals surface area (Å²) in [4.78, 5) is 4.47. The second kappa shape index (κ2) is 12.1. The van der Waals surface area contributed by atoms with Crippen LogP contribution in [0.15, 0.2) is 61.2 Å². The first-order valence-electron chi connectivity index (χ1n) is 8.36.